The second kappa shape index (κ2) is 9.19. The van der Waals surface area contributed by atoms with Gasteiger partial charge in [0.2, 0.25) is 0 Å². The summed E-state index contributed by atoms with van der Waals surface area (Å²) < 4.78 is 55.4. The molecule has 2 aromatic carbocycles. The Morgan fingerprint density at radius 1 is 1.00 bits per heavy atom. The molecule has 5 heteroatoms. The van der Waals surface area contributed by atoms with E-state index in [4.69, 9.17) is 0 Å². The van der Waals surface area contributed by atoms with Crippen molar-refractivity contribution in [2.24, 2.45) is 17.8 Å². The maximum absolute atomic E-state index is 14.7. The van der Waals surface area contributed by atoms with E-state index in [0.29, 0.717) is 23.0 Å². The van der Waals surface area contributed by atoms with E-state index >= 15 is 0 Å². The van der Waals surface area contributed by atoms with Crippen molar-refractivity contribution in [3.05, 3.63) is 53.8 Å². The number of hydrogen-bond acceptors (Lipinski definition) is 1. The summed E-state index contributed by atoms with van der Waals surface area (Å²) in [6.45, 7) is 4.51. The van der Waals surface area contributed by atoms with Gasteiger partial charge in [0.25, 0.3) is 0 Å². The van der Waals surface area contributed by atoms with Crippen molar-refractivity contribution in [2.75, 3.05) is 0 Å². The van der Waals surface area contributed by atoms with Crippen LogP contribution in [0.2, 0.25) is 0 Å². The van der Waals surface area contributed by atoms with Gasteiger partial charge in [0, 0.05) is 5.56 Å². The van der Waals surface area contributed by atoms with Gasteiger partial charge in [-0.1, -0.05) is 57.4 Å². The summed E-state index contributed by atoms with van der Waals surface area (Å²) in [6, 6.07) is 10.5. The van der Waals surface area contributed by atoms with Crippen LogP contribution in [-0.4, -0.2) is 6.36 Å². The topological polar surface area (TPSA) is 9.23 Å². The Morgan fingerprint density at radius 2 is 1.66 bits per heavy atom. The number of rotatable bonds is 6. The highest BCUT2D eigenvalue weighted by Crippen LogP contribution is 2.36. The zero-order chi connectivity index (χ0) is 21.0. The lowest BCUT2D eigenvalue weighted by Gasteiger charge is -2.32. The zero-order valence-corrected chi connectivity index (χ0v) is 16.9. The third kappa shape index (κ3) is 5.97. The number of halogens is 4. The van der Waals surface area contributed by atoms with Gasteiger partial charge in [0.05, 0.1) is 0 Å². The lowest BCUT2D eigenvalue weighted by Crippen LogP contribution is -2.21. The Hall–Kier alpha value is -2.04. The Bertz CT molecular complexity index is 790. The Morgan fingerprint density at radius 3 is 2.21 bits per heavy atom. The third-order valence-corrected chi connectivity index (χ3v) is 6.26. The van der Waals surface area contributed by atoms with Crippen LogP contribution in [0.25, 0.3) is 11.1 Å². The van der Waals surface area contributed by atoms with Gasteiger partial charge in [-0.2, -0.15) is 0 Å². The van der Waals surface area contributed by atoms with Gasteiger partial charge in [0.15, 0.2) is 0 Å². The van der Waals surface area contributed by atoms with Crippen molar-refractivity contribution in [1.82, 2.24) is 0 Å². The van der Waals surface area contributed by atoms with E-state index in [2.05, 4.69) is 18.6 Å². The van der Waals surface area contributed by atoms with E-state index in [1.54, 1.807) is 12.1 Å². The maximum Gasteiger partial charge on any atom is 0.573 e. The molecule has 0 N–H and O–H groups in total. The molecule has 1 nitrogen and oxygen atoms in total. The van der Waals surface area contributed by atoms with E-state index in [9.17, 15) is 17.6 Å². The Balaban J connectivity index is 1.64. The average Bonchev–Trinajstić information content (AvgIpc) is 2.68. The lowest BCUT2D eigenvalue weighted by atomic mass is 9.74. The summed E-state index contributed by atoms with van der Waals surface area (Å²) >= 11 is 0. The van der Waals surface area contributed by atoms with Crippen LogP contribution < -0.4 is 4.74 Å². The predicted molar refractivity (Wildman–Crippen MR) is 107 cm³/mol. The van der Waals surface area contributed by atoms with Crippen molar-refractivity contribution in [3.63, 3.8) is 0 Å². The molecule has 2 aromatic rings. The quantitative estimate of drug-likeness (QED) is 0.443. The van der Waals surface area contributed by atoms with Crippen LogP contribution in [0.4, 0.5) is 17.6 Å². The van der Waals surface area contributed by atoms with Crippen LogP contribution >= 0.6 is 0 Å². The minimum atomic E-state index is -4.74. The van der Waals surface area contributed by atoms with Crippen LogP contribution in [0.3, 0.4) is 0 Å². The summed E-state index contributed by atoms with van der Waals surface area (Å²) in [7, 11) is 0. The van der Waals surface area contributed by atoms with Crippen molar-refractivity contribution >= 4 is 0 Å². The molecule has 0 heterocycles. The van der Waals surface area contributed by atoms with E-state index in [-0.39, 0.29) is 11.6 Å². The molecule has 3 rings (SSSR count). The highest BCUT2D eigenvalue weighted by Gasteiger charge is 2.31. The second-order valence-corrected chi connectivity index (χ2v) is 8.26. The van der Waals surface area contributed by atoms with Gasteiger partial charge in [0.1, 0.15) is 11.6 Å². The second-order valence-electron chi connectivity index (χ2n) is 8.26. The van der Waals surface area contributed by atoms with E-state index < -0.39 is 6.36 Å². The van der Waals surface area contributed by atoms with E-state index in [1.165, 1.54) is 56.4 Å². The fraction of sp³-hybridized carbons (Fsp3) is 0.500. The maximum atomic E-state index is 14.7. The minimum absolute atomic E-state index is 0.315. The van der Waals surface area contributed by atoms with Crippen molar-refractivity contribution in [3.8, 4) is 16.9 Å². The molecule has 0 bridgehead atoms. The number of ether oxygens (including phenoxy) is 1. The highest BCUT2D eigenvalue weighted by molar-refractivity contribution is 5.65. The van der Waals surface area contributed by atoms with Crippen LogP contribution in [-0.2, 0) is 6.42 Å². The standard InChI is InChI=1S/C24H28F4O/c1-3-17-4-7-19(8-5-17)16(2)14-18-6-13-22(23(25)15-18)20-9-11-21(12-10-20)29-24(26,27)28/h6,9-13,15-17,19H,3-5,7-8,14H2,1-2H3. The first-order valence-electron chi connectivity index (χ1n) is 10.4. The zero-order valence-electron chi connectivity index (χ0n) is 16.9. The van der Waals surface area contributed by atoms with Gasteiger partial charge in [-0.05, 0) is 66.3 Å². The summed E-state index contributed by atoms with van der Waals surface area (Å²) in [5.74, 6) is 1.40. The first-order chi connectivity index (χ1) is 13.7. The van der Waals surface area contributed by atoms with E-state index in [1.807, 2.05) is 6.07 Å². The molecule has 1 saturated carbocycles. The normalized spacial score (nSPS) is 21.0. The molecule has 0 saturated heterocycles. The van der Waals surface area contributed by atoms with E-state index in [0.717, 1.165) is 17.9 Å². The highest BCUT2D eigenvalue weighted by atomic mass is 19.4. The van der Waals surface area contributed by atoms with Crippen LogP contribution in [0, 0.1) is 23.6 Å². The molecule has 0 spiro atoms. The van der Waals surface area contributed by atoms with Gasteiger partial charge < -0.3 is 4.74 Å². The fourth-order valence-electron chi connectivity index (χ4n) is 4.46. The van der Waals surface area contributed by atoms with Crippen LogP contribution in [0.5, 0.6) is 5.75 Å². The minimum Gasteiger partial charge on any atom is -0.406 e. The van der Waals surface area contributed by atoms with Crippen LogP contribution in [0.15, 0.2) is 42.5 Å². The molecule has 0 aromatic heterocycles. The van der Waals surface area contributed by atoms with Gasteiger partial charge in [-0.3, -0.25) is 0 Å². The molecule has 1 unspecified atom stereocenters. The molecule has 0 amide bonds. The molecule has 0 radical (unpaired) electrons. The molecule has 1 atom stereocenters. The SMILES string of the molecule is CCC1CCC(C(C)Cc2ccc(-c3ccc(OC(F)(F)F)cc3)c(F)c2)CC1. The van der Waals surface area contributed by atoms with Gasteiger partial charge >= 0.3 is 6.36 Å². The third-order valence-electron chi connectivity index (χ3n) is 6.26. The fourth-order valence-corrected chi connectivity index (χ4v) is 4.46. The Labute approximate surface area is 170 Å². The molecule has 158 valence electrons. The Kier molecular flexibility index (Phi) is 6.86. The monoisotopic (exact) mass is 408 g/mol. The van der Waals surface area contributed by atoms with Crippen molar-refractivity contribution in [2.45, 2.75) is 58.7 Å². The molecule has 29 heavy (non-hydrogen) atoms. The lowest BCUT2D eigenvalue weighted by molar-refractivity contribution is -0.274. The smallest absolute Gasteiger partial charge is 0.406 e. The van der Waals surface area contributed by atoms with Gasteiger partial charge in [-0.25, -0.2) is 4.39 Å². The largest absolute Gasteiger partial charge is 0.573 e. The first-order valence-corrected chi connectivity index (χ1v) is 10.4. The summed E-state index contributed by atoms with van der Waals surface area (Å²) in [5, 5.41) is 0. The van der Waals surface area contributed by atoms with Gasteiger partial charge in [-0.15, -0.1) is 13.2 Å². The molecule has 1 aliphatic rings. The molecular weight excluding hydrogens is 380 g/mol. The first kappa shape index (κ1) is 21.7. The summed E-state index contributed by atoms with van der Waals surface area (Å²) in [5.41, 5.74) is 1.87. The van der Waals surface area contributed by atoms with Crippen LogP contribution in [0.1, 0.15) is 51.5 Å². The number of alkyl halides is 3. The molecule has 0 aliphatic heterocycles. The predicted octanol–water partition coefficient (Wildman–Crippen LogP) is 7.79. The van der Waals surface area contributed by atoms with Crippen molar-refractivity contribution in [1.29, 1.82) is 0 Å². The summed E-state index contributed by atoms with van der Waals surface area (Å²) in [4.78, 5) is 0. The average molecular weight is 408 g/mol. The number of hydrogen-bond donors (Lipinski definition) is 0. The summed E-state index contributed by atoms with van der Waals surface area (Å²) in [6.07, 6.45) is 2.48. The number of benzene rings is 2. The molecule has 1 fully saturated rings. The molecule has 1 aliphatic carbocycles. The van der Waals surface area contributed by atoms with Crippen molar-refractivity contribution < 1.29 is 22.3 Å². The molecular formula is C24H28F4O.